The van der Waals surface area contributed by atoms with E-state index in [4.69, 9.17) is 4.74 Å². The van der Waals surface area contributed by atoms with Gasteiger partial charge in [-0.15, -0.1) is 0 Å². The smallest absolute Gasteiger partial charge is 0.249 e. The molecule has 132 valence electrons. The van der Waals surface area contributed by atoms with E-state index in [2.05, 4.69) is 0 Å². The van der Waals surface area contributed by atoms with Crippen molar-refractivity contribution in [2.75, 3.05) is 13.2 Å². The molecule has 1 aliphatic heterocycles. The highest BCUT2D eigenvalue weighted by molar-refractivity contribution is 5.78. The minimum absolute atomic E-state index is 0.137. The topological polar surface area (TPSA) is 49.8 Å². The molecule has 0 aromatic heterocycles. The number of rotatable bonds is 5. The number of halogens is 2. The summed E-state index contributed by atoms with van der Waals surface area (Å²) in [7, 11) is 0. The molecule has 3 rings (SSSR count). The third-order valence-electron chi connectivity index (χ3n) is 4.26. The van der Waals surface area contributed by atoms with Gasteiger partial charge in [0.15, 0.2) is 11.6 Å². The first kappa shape index (κ1) is 17.5. The van der Waals surface area contributed by atoms with Crippen molar-refractivity contribution in [2.24, 2.45) is 0 Å². The molecular formula is C19H19F2NO3. The third kappa shape index (κ3) is 4.21. The Morgan fingerprint density at radius 2 is 1.92 bits per heavy atom. The summed E-state index contributed by atoms with van der Waals surface area (Å²) in [6, 6.07) is 12.5. The molecule has 1 amide bonds. The van der Waals surface area contributed by atoms with E-state index in [1.54, 1.807) is 0 Å². The molecular weight excluding hydrogens is 328 g/mol. The van der Waals surface area contributed by atoms with E-state index < -0.39 is 23.8 Å². The van der Waals surface area contributed by atoms with E-state index in [0.717, 1.165) is 17.7 Å². The Kier molecular flexibility index (Phi) is 5.40. The van der Waals surface area contributed by atoms with Crippen LogP contribution >= 0.6 is 0 Å². The standard InChI is InChI=1S/C19H19F2NO3/c20-16-7-6-14(8-17(16)21)18-9-15(23)10-22(18)19(24)12-25-11-13-4-2-1-3-5-13/h1-8,15,18,23H,9-12H2/t15-,18+/m1/s1. The number of hydrogen-bond donors (Lipinski definition) is 1. The summed E-state index contributed by atoms with van der Waals surface area (Å²) in [5, 5.41) is 9.91. The van der Waals surface area contributed by atoms with Crippen LogP contribution in [0.4, 0.5) is 8.78 Å². The fourth-order valence-corrected chi connectivity index (χ4v) is 3.04. The number of carbonyl (C=O) groups excluding carboxylic acids is 1. The zero-order chi connectivity index (χ0) is 17.8. The summed E-state index contributed by atoms with van der Waals surface area (Å²) >= 11 is 0. The molecule has 2 aromatic carbocycles. The molecule has 0 bridgehead atoms. The van der Waals surface area contributed by atoms with Gasteiger partial charge in [-0.3, -0.25) is 4.79 Å². The predicted molar refractivity (Wildman–Crippen MR) is 87.5 cm³/mol. The average molecular weight is 347 g/mol. The number of hydrogen-bond acceptors (Lipinski definition) is 3. The SMILES string of the molecule is O=C(COCc1ccccc1)N1C[C@H](O)C[C@H]1c1ccc(F)c(F)c1. The fourth-order valence-electron chi connectivity index (χ4n) is 3.04. The molecule has 2 atom stereocenters. The lowest BCUT2D eigenvalue weighted by molar-refractivity contribution is -0.137. The number of likely N-dealkylation sites (tertiary alicyclic amines) is 1. The van der Waals surface area contributed by atoms with Gasteiger partial charge in [0.1, 0.15) is 6.61 Å². The molecule has 0 spiro atoms. The summed E-state index contributed by atoms with van der Waals surface area (Å²) in [4.78, 5) is 13.9. The van der Waals surface area contributed by atoms with Crippen molar-refractivity contribution in [1.29, 1.82) is 0 Å². The van der Waals surface area contributed by atoms with Crippen LogP contribution in [0.25, 0.3) is 0 Å². The molecule has 1 saturated heterocycles. The van der Waals surface area contributed by atoms with Gasteiger partial charge in [0, 0.05) is 6.54 Å². The number of aliphatic hydroxyl groups excluding tert-OH is 1. The maximum atomic E-state index is 13.5. The molecule has 25 heavy (non-hydrogen) atoms. The predicted octanol–water partition coefficient (Wildman–Crippen LogP) is 2.82. The molecule has 1 N–H and O–H groups in total. The molecule has 2 aromatic rings. The van der Waals surface area contributed by atoms with Crippen LogP contribution < -0.4 is 0 Å². The summed E-state index contributed by atoms with van der Waals surface area (Å²) < 4.78 is 32.1. The van der Waals surface area contributed by atoms with Crippen LogP contribution in [0.2, 0.25) is 0 Å². The Balaban J connectivity index is 1.64. The minimum atomic E-state index is -0.966. The average Bonchev–Trinajstić information content (AvgIpc) is 3.00. The summed E-state index contributed by atoms with van der Waals surface area (Å²) in [5.74, 6) is -2.19. The maximum Gasteiger partial charge on any atom is 0.249 e. The van der Waals surface area contributed by atoms with E-state index >= 15 is 0 Å². The van der Waals surface area contributed by atoms with Gasteiger partial charge in [-0.1, -0.05) is 36.4 Å². The Bertz CT molecular complexity index is 739. The van der Waals surface area contributed by atoms with Crippen molar-refractivity contribution >= 4 is 5.91 Å². The number of nitrogens with zero attached hydrogens (tertiary/aromatic N) is 1. The molecule has 0 unspecified atom stereocenters. The van der Waals surface area contributed by atoms with Crippen LogP contribution in [-0.4, -0.2) is 35.2 Å². The molecule has 1 fully saturated rings. The van der Waals surface area contributed by atoms with Gasteiger partial charge in [0.05, 0.1) is 18.8 Å². The molecule has 6 heteroatoms. The second-order valence-electron chi connectivity index (χ2n) is 6.10. The van der Waals surface area contributed by atoms with Crippen LogP contribution in [0.3, 0.4) is 0 Å². The first-order chi connectivity index (χ1) is 12.0. The van der Waals surface area contributed by atoms with Gasteiger partial charge in [-0.2, -0.15) is 0 Å². The van der Waals surface area contributed by atoms with Gasteiger partial charge in [0.25, 0.3) is 0 Å². The van der Waals surface area contributed by atoms with E-state index in [0.29, 0.717) is 12.2 Å². The van der Waals surface area contributed by atoms with Gasteiger partial charge < -0.3 is 14.7 Å². The fraction of sp³-hybridized carbons (Fsp3) is 0.316. The monoisotopic (exact) mass is 347 g/mol. The van der Waals surface area contributed by atoms with E-state index in [9.17, 15) is 18.7 Å². The van der Waals surface area contributed by atoms with E-state index in [1.165, 1.54) is 11.0 Å². The lowest BCUT2D eigenvalue weighted by Gasteiger charge is -2.25. The number of aliphatic hydroxyl groups is 1. The highest BCUT2D eigenvalue weighted by atomic mass is 19.2. The number of β-amino-alcohol motifs (C(OH)–C–C–N with tert-alkyl or cyclic N) is 1. The largest absolute Gasteiger partial charge is 0.391 e. The van der Waals surface area contributed by atoms with Crippen molar-refractivity contribution < 1.29 is 23.4 Å². The van der Waals surface area contributed by atoms with Gasteiger partial charge in [-0.25, -0.2) is 8.78 Å². The van der Waals surface area contributed by atoms with Crippen molar-refractivity contribution in [3.8, 4) is 0 Å². The number of benzene rings is 2. The van der Waals surface area contributed by atoms with Crippen molar-refractivity contribution in [3.05, 3.63) is 71.3 Å². The number of amides is 1. The van der Waals surface area contributed by atoms with Crippen molar-refractivity contribution in [3.63, 3.8) is 0 Å². The quantitative estimate of drug-likeness (QED) is 0.905. The highest BCUT2D eigenvalue weighted by Crippen LogP contribution is 2.33. The maximum absolute atomic E-state index is 13.5. The first-order valence-electron chi connectivity index (χ1n) is 8.08. The third-order valence-corrected chi connectivity index (χ3v) is 4.26. The Labute approximate surface area is 144 Å². The second-order valence-corrected chi connectivity index (χ2v) is 6.10. The van der Waals surface area contributed by atoms with Gasteiger partial charge in [-0.05, 0) is 29.7 Å². The van der Waals surface area contributed by atoms with Crippen LogP contribution in [0.5, 0.6) is 0 Å². The van der Waals surface area contributed by atoms with E-state index in [1.807, 2.05) is 30.3 Å². The molecule has 1 aliphatic rings. The summed E-state index contributed by atoms with van der Waals surface area (Å²) in [5.41, 5.74) is 1.42. The minimum Gasteiger partial charge on any atom is -0.391 e. The van der Waals surface area contributed by atoms with Crippen LogP contribution in [0.15, 0.2) is 48.5 Å². The normalized spacial score (nSPS) is 20.0. The van der Waals surface area contributed by atoms with Crippen molar-refractivity contribution in [2.45, 2.75) is 25.2 Å². The Morgan fingerprint density at radius 1 is 1.16 bits per heavy atom. The lowest BCUT2D eigenvalue weighted by Crippen LogP contribution is -2.34. The van der Waals surface area contributed by atoms with Crippen LogP contribution in [-0.2, 0) is 16.1 Å². The molecule has 4 nitrogen and oxygen atoms in total. The Hall–Kier alpha value is -2.31. The van der Waals surface area contributed by atoms with Crippen LogP contribution in [0.1, 0.15) is 23.6 Å². The molecule has 0 aliphatic carbocycles. The zero-order valence-electron chi connectivity index (χ0n) is 13.6. The molecule has 0 radical (unpaired) electrons. The zero-order valence-corrected chi connectivity index (χ0v) is 13.6. The number of carbonyl (C=O) groups is 1. The van der Waals surface area contributed by atoms with E-state index in [-0.39, 0.29) is 25.5 Å². The first-order valence-corrected chi connectivity index (χ1v) is 8.08. The van der Waals surface area contributed by atoms with Crippen molar-refractivity contribution in [1.82, 2.24) is 4.90 Å². The highest BCUT2D eigenvalue weighted by Gasteiger charge is 2.35. The Morgan fingerprint density at radius 3 is 2.64 bits per heavy atom. The second kappa shape index (κ2) is 7.72. The van der Waals surface area contributed by atoms with Crippen LogP contribution in [0, 0.1) is 11.6 Å². The molecule has 0 saturated carbocycles. The van der Waals surface area contributed by atoms with Gasteiger partial charge in [0.2, 0.25) is 5.91 Å². The summed E-state index contributed by atoms with van der Waals surface area (Å²) in [6.45, 7) is 0.317. The lowest BCUT2D eigenvalue weighted by atomic mass is 10.0. The van der Waals surface area contributed by atoms with Gasteiger partial charge >= 0.3 is 0 Å². The number of ether oxygens (including phenoxy) is 1. The molecule has 1 heterocycles. The summed E-state index contributed by atoms with van der Waals surface area (Å²) in [6.07, 6.45) is -0.411.